The minimum Gasteiger partial charge on any atom is -0.361 e. The minimum atomic E-state index is -0.148. The Balaban J connectivity index is 1.69. The Labute approximate surface area is 101 Å². The van der Waals surface area contributed by atoms with Gasteiger partial charge in [0.25, 0.3) is 5.91 Å². The molecule has 0 aromatic carbocycles. The van der Waals surface area contributed by atoms with E-state index in [-0.39, 0.29) is 5.91 Å². The second-order valence-corrected chi connectivity index (χ2v) is 4.58. The summed E-state index contributed by atoms with van der Waals surface area (Å²) in [5.74, 6) is 1.19. The first-order chi connectivity index (χ1) is 8.25. The van der Waals surface area contributed by atoms with Gasteiger partial charge in [-0.05, 0) is 45.2 Å². The van der Waals surface area contributed by atoms with Crippen LogP contribution < -0.4 is 10.6 Å². The molecule has 2 N–H and O–H groups in total. The fraction of sp³-hybridized carbons (Fsp3) is 0.667. The van der Waals surface area contributed by atoms with Gasteiger partial charge in [0.05, 0.1) is 0 Å². The number of piperidine rings is 1. The number of hydrogen-bond donors (Lipinski definition) is 2. The van der Waals surface area contributed by atoms with Crippen LogP contribution in [-0.4, -0.2) is 30.7 Å². The summed E-state index contributed by atoms with van der Waals surface area (Å²) >= 11 is 0. The van der Waals surface area contributed by atoms with Crippen molar-refractivity contribution < 1.29 is 9.32 Å². The fourth-order valence-corrected chi connectivity index (χ4v) is 2.12. The van der Waals surface area contributed by atoms with E-state index in [0.29, 0.717) is 23.9 Å². The predicted molar refractivity (Wildman–Crippen MR) is 63.8 cm³/mol. The van der Waals surface area contributed by atoms with Crippen molar-refractivity contribution in [3.05, 3.63) is 17.5 Å². The maximum absolute atomic E-state index is 11.7. The van der Waals surface area contributed by atoms with Crippen LogP contribution in [0.5, 0.6) is 0 Å². The zero-order valence-electron chi connectivity index (χ0n) is 10.2. The van der Waals surface area contributed by atoms with E-state index < -0.39 is 0 Å². The Morgan fingerprint density at radius 1 is 1.71 bits per heavy atom. The summed E-state index contributed by atoms with van der Waals surface area (Å²) in [6.07, 6.45) is 3.52. The summed E-state index contributed by atoms with van der Waals surface area (Å²) in [5, 5.41) is 9.92. The van der Waals surface area contributed by atoms with Crippen molar-refractivity contribution >= 4 is 5.91 Å². The van der Waals surface area contributed by atoms with Crippen molar-refractivity contribution in [2.45, 2.75) is 26.2 Å². The largest absolute Gasteiger partial charge is 0.361 e. The second-order valence-electron chi connectivity index (χ2n) is 4.58. The molecule has 0 spiro atoms. The van der Waals surface area contributed by atoms with Gasteiger partial charge in [0.15, 0.2) is 5.69 Å². The maximum atomic E-state index is 11.7. The first-order valence-corrected chi connectivity index (χ1v) is 6.18. The molecule has 0 radical (unpaired) electrons. The number of nitrogens with one attached hydrogen (secondary N) is 2. The number of carbonyl (C=O) groups is 1. The van der Waals surface area contributed by atoms with E-state index in [4.69, 9.17) is 4.52 Å². The Morgan fingerprint density at radius 2 is 2.59 bits per heavy atom. The summed E-state index contributed by atoms with van der Waals surface area (Å²) in [5.41, 5.74) is 0.365. The first-order valence-electron chi connectivity index (χ1n) is 6.18. The molecule has 2 rings (SSSR count). The zero-order chi connectivity index (χ0) is 12.1. The maximum Gasteiger partial charge on any atom is 0.273 e. The molecule has 17 heavy (non-hydrogen) atoms. The van der Waals surface area contributed by atoms with Gasteiger partial charge in [-0.15, -0.1) is 0 Å². The minimum absolute atomic E-state index is 0.148. The molecule has 1 aromatic heterocycles. The molecular weight excluding hydrogens is 218 g/mol. The standard InChI is InChI=1S/C12H19N3O2/c1-9-7-11(15-17-9)12(16)14-6-4-10-3-2-5-13-8-10/h7,10,13H,2-6,8H2,1H3,(H,14,16). The van der Waals surface area contributed by atoms with Gasteiger partial charge in [0.1, 0.15) is 5.76 Å². The van der Waals surface area contributed by atoms with E-state index in [1.54, 1.807) is 13.0 Å². The van der Waals surface area contributed by atoms with Crippen LogP contribution in [0, 0.1) is 12.8 Å². The number of nitrogens with zero attached hydrogens (tertiary/aromatic N) is 1. The van der Waals surface area contributed by atoms with E-state index in [9.17, 15) is 4.79 Å². The monoisotopic (exact) mass is 237 g/mol. The average Bonchev–Trinajstić information content (AvgIpc) is 2.77. The van der Waals surface area contributed by atoms with Gasteiger partial charge < -0.3 is 15.2 Å². The lowest BCUT2D eigenvalue weighted by molar-refractivity contribution is 0.0941. The van der Waals surface area contributed by atoms with E-state index in [2.05, 4.69) is 15.8 Å². The third-order valence-electron chi connectivity index (χ3n) is 3.10. The molecule has 94 valence electrons. The molecule has 0 bridgehead atoms. The molecule has 1 fully saturated rings. The van der Waals surface area contributed by atoms with Gasteiger partial charge in [-0.25, -0.2) is 0 Å². The van der Waals surface area contributed by atoms with Crippen LogP contribution in [-0.2, 0) is 0 Å². The highest BCUT2D eigenvalue weighted by atomic mass is 16.5. The second kappa shape index (κ2) is 5.82. The summed E-state index contributed by atoms with van der Waals surface area (Å²) in [6.45, 7) is 4.68. The lowest BCUT2D eigenvalue weighted by atomic mass is 9.96. The van der Waals surface area contributed by atoms with E-state index in [1.807, 2.05) is 0 Å². The number of aromatic nitrogens is 1. The Hall–Kier alpha value is -1.36. The van der Waals surface area contributed by atoms with Crippen LogP contribution in [0.1, 0.15) is 35.5 Å². The quantitative estimate of drug-likeness (QED) is 0.823. The number of hydrogen-bond acceptors (Lipinski definition) is 4. The van der Waals surface area contributed by atoms with Crippen LogP contribution >= 0.6 is 0 Å². The summed E-state index contributed by atoms with van der Waals surface area (Å²) in [6, 6.07) is 1.65. The van der Waals surface area contributed by atoms with E-state index >= 15 is 0 Å². The van der Waals surface area contributed by atoms with Crippen molar-refractivity contribution in [3.8, 4) is 0 Å². The van der Waals surface area contributed by atoms with Crippen molar-refractivity contribution in [3.63, 3.8) is 0 Å². The molecule has 2 heterocycles. The molecule has 5 heteroatoms. The highest BCUT2D eigenvalue weighted by Crippen LogP contribution is 2.13. The number of aryl methyl sites for hydroxylation is 1. The molecule has 0 saturated carbocycles. The normalized spacial score (nSPS) is 20.2. The third kappa shape index (κ3) is 3.56. The van der Waals surface area contributed by atoms with Crippen molar-refractivity contribution in [1.29, 1.82) is 0 Å². The molecule has 1 amide bonds. The van der Waals surface area contributed by atoms with Gasteiger partial charge in [0, 0.05) is 12.6 Å². The van der Waals surface area contributed by atoms with Gasteiger partial charge in [-0.1, -0.05) is 5.16 Å². The molecule has 1 aliphatic rings. The third-order valence-corrected chi connectivity index (χ3v) is 3.10. The highest BCUT2D eigenvalue weighted by Gasteiger charge is 2.14. The molecule has 5 nitrogen and oxygen atoms in total. The molecule has 1 aromatic rings. The van der Waals surface area contributed by atoms with Gasteiger partial charge in [0.2, 0.25) is 0 Å². The first kappa shape index (κ1) is 12.1. The topological polar surface area (TPSA) is 67.2 Å². The van der Waals surface area contributed by atoms with Crippen LogP contribution in [0.15, 0.2) is 10.6 Å². The Kier molecular flexibility index (Phi) is 4.14. The fourth-order valence-electron chi connectivity index (χ4n) is 2.12. The van der Waals surface area contributed by atoms with Crippen LogP contribution in [0.2, 0.25) is 0 Å². The van der Waals surface area contributed by atoms with Gasteiger partial charge in [-0.2, -0.15) is 0 Å². The Bertz CT molecular complexity index is 370. The molecule has 1 atom stereocenters. The number of rotatable bonds is 4. The van der Waals surface area contributed by atoms with Gasteiger partial charge >= 0.3 is 0 Å². The molecule has 1 saturated heterocycles. The van der Waals surface area contributed by atoms with Crippen molar-refractivity contribution in [2.24, 2.45) is 5.92 Å². The van der Waals surface area contributed by atoms with E-state index in [0.717, 1.165) is 19.5 Å². The Morgan fingerprint density at radius 3 is 3.24 bits per heavy atom. The van der Waals surface area contributed by atoms with Crippen molar-refractivity contribution in [1.82, 2.24) is 15.8 Å². The summed E-state index contributed by atoms with van der Waals surface area (Å²) in [7, 11) is 0. The SMILES string of the molecule is Cc1cc(C(=O)NCCC2CCCNC2)no1. The molecular formula is C12H19N3O2. The summed E-state index contributed by atoms with van der Waals surface area (Å²) < 4.78 is 4.86. The van der Waals surface area contributed by atoms with Crippen LogP contribution in [0.4, 0.5) is 0 Å². The van der Waals surface area contributed by atoms with Crippen molar-refractivity contribution in [2.75, 3.05) is 19.6 Å². The average molecular weight is 237 g/mol. The highest BCUT2D eigenvalue weighted by molar-refractivity contribution is 5.92. The van der Waals surface area contributed by atoms with E-state index in [1.165, 1.54) is 12.8 Å². The summed E-state index contributed by atoms with van der Waals surface area (Å²) in [4.78, 5) is 11.7. The number of carbonyl (C=O) groups excluding carboxylic acids is 1. The van der Waals surface area contributed by atoms with Crippen LogP contribution in [0.3, 0.4) is 0 Å². The van der Waals surface area contributed by atoms with Crippen LogP contribution in [0.25, 0.3) is 0 Å². The van der Waals surface area contributed by atoms with Gasteiger partial charge in [-0.3, -0.25) is 4.79 Å². The predicted octanol–water partition coefficient (Wildman–Crippen LogP) is 1.10. The zero-order valence-corrected chi connectivity index (χ0v) is 10.2. The molecule has 1 aliphatic heterocycles. The smallest absolute Gasteiger partial charge is 0.273 e. The molecule has 1 unspecified atom stereocenters. The lowest BCUT2D eigenvalue weighted by Gasteiger charge is -2.22. The lowest BCUT2D eigenvalue weighted by Crippen LogP contribution is -2.33. The molecule has 0 aliphatic carbocycles. The number of amides is 1.